The molecular formula is C12H15NO4. The summed E-state index contributed by atoms with van der Waals surface area (Å²) >= 11 is 0. The van der Waals surface area contributed by atoms with Crippen molar-refractivity contribution in [3.05, 3.63) is 33.9 Å². The summed E-state index contributed by atoms with van der Waals surface area (Å²) in [4.78, 5) is 10.7. The summed E-state index contributed by atoms with van der Waals surface area (Å²) in [6.45, 7) is 1.68. The summed E-state index contributed by atoms with van der Waals surface area (Å²) < 4.78 is 5.03. The van der Waals surface area contributed by atoms with Crippen LogP contribution in [-0.2, 0) is 5.41 Å². The minimum absolute atomic E-state index is 0.0200. The van der Waals surface area contributed by atoms with Crippen LogP contribution in [0.25, 0.3) is 0 Å². The standard InChI is InChI=1S/C12H15NO4/c1-8(14)12(6-7-12)9-4-3-5-10(17-2)11(9)13(15)16/h3-5,8,14H,6-7H2,1-2H3. The smallest absolute Gasteiger partial charge is 0.314 e. The third-order valence-electron chi connectivity index (χ3n) is 3.53. The van der Waals surface area contributed by atoms with Crippen molar-refractivity contribution in [3.8, 4) is 5.75 Å². The van der Waals surface area contributed by atoms with Crippen molar-refractivity contribution >= 4 is 5.69 Å². The Kier molecular flexibility index (Phi) is 2.79. The third kappa shape index (κ3) is 1.76. The topological polar surface area (TPSA) is 72.6 Å². The Morgan fingerprint density at radius 1 is 1.53 bits per heavy atom. The molecule has 1 aromatic carbocycles. The molecule has 0 spiro atoms. The number of aliphatic hydroxyl groups excluding tert-OH is 1. The zero-order valence-corrected chi connectivity index (χ0v) is 9.84. The van der Waals surface area contributed by atoms with E-state index in [2.05, 4.69) is 0 Å². The number of nitro benzene ring substituents is 1. The van der Waals surface area contributed by atoms with Crippen molar-refractivity contribution < 1.29 is 14.8 Å². The van der Waals surface area contributed by atoms with Crippen molar-refractivity contribution in [1.29, 1.82) is 0 Å². The molecule has 1 N–H and O–H groups in total. The molecule has 0 heterocycles. The fourth-order valence-corrected chi connectivity index (χ4v) is 2.32. The van der Waals surface area contributed by atoms with E-state index < -0.39 is 16.4 Å². The summed E-state index contributed by atoms with van der Waals surface area (Å²) in [6, 6.07) is 5.00. The fraction of sp³-hybridized carbons (Fsp3) is 0.500. The van der Waals surface area contributed by atoms with Crippen LogP contribution in [0.4, 0.5) is 5.69 Å². The van der Waals surface area contributed by atoms with E-state index in [1.807, 2.05) is 0 Å². The van der Waals surface area contributed by atoms with Gasteiger partial charge in [-0.25, -0.2) is 0 Å². The molecule has 5 heteroatoms. The van der Waals surface area contributed by atoms with E-state index in [0.29, 0.717) is 5.56 Å². The molecule has 0 aromatic heterocycles. The number of nitro groups is 1. The van der Waals surface area contributed by atoms with E-state index >= 15 is 0 Å². The van der Waals surface area contributed by atoms with Crippen LogP contribution >= 0.6 is 0 Å². The zero-order chi connectivity index (χ0) is 12.6. The van der Waals surface area contributed by atoms with Gasteiger partial charge >= 0.3 is 5.69 Å². The van der Waals surface area contributed by atoms with Crippen LogP contribution in [0, 0.1) is 10.1 Å². The van der Waals surface area contributed by atoms with Crippen molar-refractivity contribution in [2.45, 2.75) is 31.3 Å². The summed E-state index contributed by atoms with van der Waals surface area (Å²) in [5, 5.41) is 20.9. The van der Waals surface area contributed by atoms with Crippen molar-refractivity contribution in [1.82, 2.24) is 0 Å². The number of para-hydroxylation sites is 1. The summed E-state index contributed by atoms with van der Waals surface area (Å²) in [6.07, 6.45) is 0.963. The second-order valence-electron chi connectivity index (χ2n) is 4.45. The summed E-state index contributed by atoms with van der Waals surface area (Å²) in [5.41, 5.74) is 0.0991. The lowest BCUT2D eigenvalue weighted by Crippen LogP contribution is -2.23. The average molecular weight is 237 g/mol. The lowest BCUT2D eigenvalue weighted by molar-refractivity contribution is -0.386. The first-order chi connectivity index (χ1) is 8.03. The second-order valence-corrected chi connectivity index (χ2v) is 4.45. The van der Waals surface area contributed by atoms with Gasteiger partial charge < -0.3 is 9.84 Å². The van der Waals surface area contributed by atoms with Crippen LogP contribution in [-0.4, -0.2) is 23.2 Å². The highest BCUT2D eigenvalue weighted by molar-refractivity contribution is 5.58. The van der Waals surface area contributed by atoms with E-state index in [1.165, 1.54) is 7.11 Å². The Balaban J connectivity index is 2.58. The van der Waals surface area contributed by atoms with Gasteiger partial charge in [-0.1, -0.05) is 12.1 Å². The molecule has 1 fully saturated rings. The lowest BCUT2D eigenvalue weighted by atomic mass is 9.89. The molecule has 0 radical (unpaired) electrons. The van der Waals surface area contributed by atoms with Crippen LogP contribution < -0.4 is 4.74 Å². The molecule has 0 amide bonds. The quantitative estimate of drug-likeness (QED) is 0.642. The van der Waals surface area contributed by atoms with Crippen LogP contribution in [0.15, 0.2) is 18.2 Å². The predicted molar refractivity (Wildman–Crippen MR) is 62.2 cm³/mol. The van der Waals surface area contributed by atoms with E-state index in [9.17, 15) is 15.2 Å². The number of hydrogen-bond donors (Lipinski definition) is 1. The maximum atomic E-state index is 11.1. The minimum atomic E-state index is -0.590. The van der Waals surface area contributed by atoms with Crippen molar-refractivity contribution in [3.63, 3.8) is 0 Å². The first kappa shape index (κ1) is 11.9. The Labute approximate surface area is 99.2 Å². The van der Waals surface area contributed by atoms with Gasteiger partial charge in [0.2, 0.25) is 0 Å². The molecule has 17 heavy (non-hydrogen) atoms. The molecule has 1 aliphatic rings. The SMILES string of the molecule is COc1cccc(C2(C(C)O)CC2)c1[N+](=O)[O-]. The van der Waals surface area contributed by atoms with Gasteiger partial charge in [0.05, 0.1) is 18.1 Å². The first-order valence-electron chi connectivity index (χ1n) is 5.53. The van der Waals surface area contributed by atoms with Gasteiger partial charge in [-0.05, 0) is 25.8 Å². The molecule has 5 nitrogen and oxygen atoms in total. The Morgan fingerprint density at radius 3 is 2.59 bits per heavy atom. The van der Waals surface area contributed by atoms with Gasteiger partial charge in [0.1, 0.15) is 0 Å². The molecule has 1 aromatic rings. The van der Waals surface area contributed by atoms with Gasteiger partial charge in [-0.2, -0.15) is 0 Å². The first-order valence-corrected chi connectivity index (χ1v) is 5.53. The summed E-state index contributed by atoms with van der Waals surface area (Å²) in [5.74, 6) is 0.249. The molecule has 1 atom stereocenters. The van der Waals surface area contributed by atoms with Crippen molar-refractivity contribution in [2.75, 3.05) is 7.11 Å². The molecule has 1 saturated carbocycles. The number of rotatable bonds is 4. The third-order valence-corrected chi connectivity index (χ3v) is 3.53. The number of methoxy groups -OCH3 is 1. The van der Waals surface area contributed by atoms with E-state index in [0.717, 1.165) is 12.8 Å². The molecule has 0 bridgehead atoms. The molecule has 2 rings (SSSR count). The average Bonchev–Trinajstić information content (AvgIpc) is 3.08. The van der Waals surface area contributed by atoms with Gasteiger partial charge in [0.25, 0.3) is 0 Å². The predicted octanol–water partition coefficient (Wildman–Crippen LogP) is 2.02. The number of nitrogens with zero attached hydrogens (tertiary/aromatic N) is 1. The van der Waals surface area contributed by atoms with Crippen LogP contribution in [0.3, 0.4) is 0 Å². The number of aliphatic hydroxyl groups is 1. The van der Waals surface area contributed by atoms with E-state index in [1.54, 1.807) is 25.1 Å². The highest BCUT2D eigenvalue weighted by atomic mass is 16.6. The number of hydrogen-bond acceptors (Lipinski definition) is 4. The monoisotopic (exact) mass is 237 g/mol. The molecule has 1 unspecified atom stereocenters. The normalized spacial score (nSPS) is 18.5. The van der Waals surface area contributed by atoms with Crippen LogP contribution in [0.5, 0.6) is 5.75 Å². The maximum Gasteiger partial charge on any atom is 0.314 e. The molecule has 0 saturated heterocycles. The second kappa shape index (κ2) is 4.00. The van der Waals surface area contributed by atoms with E-state index in [4.69, 9.17) is 4.74 Å². The largest absolute Gasteiger partial charge is 0.490 e. The minimum Gasteiger partial charge on any atom is -0.490 e. The van der Waals surface area contributed by atoms with Gasteiger partial charge in [0, 0.05) is 11.0 Å². The maximum absolute atomic E-state index is 11.1. The molecular weight excluding hydrogens is 222 g/mol. The van der Waals surface area contributed by atoms with E-state index in [-0.39, 0.29) is 11.4 Å². The van der Waals surface area contributed by atoms with Gasteiger partial charge in [0.15, 0.2) is 5.75 Å². The van der Waals surface area contributed by atoms with Crippen LogP contribution in [0.2, 0.25) is 0 Å². The highest BCUT2D eigenvalue weighted by Gasteiger charge is 2.52. The number of benzene rings is 1. The Morgan fingerprint density at radius 2 is 2.18 bits per heavy atom. The Bertz CT molecular complexity index is 452. The van der Waals surface area contributed by atoms with Gasteiger partial charge in [-0.15, -0.1) is 0 Å². The molecule has 1 aliphatic carbocycles. The summed E-state index contributed by atoms with van der Waals surface area (Å²) in [7, 11) is 1.41. The van der Waals surface area contributed by atoms with Crippen LogP contribution in [0.1, 0.15) is 25.3 Å². The van der Waals surface area contributed by atoms with Crippen molar-refractivity contribution in [2.24, 2.45) is 0 Å². The molecule has 0 aliphatic heterocycles. The lowest BCUT2D eigenvalue weighted by Gasteiger charge is -2.19. The fourth-order valence-electron chi connectivity index (χ4n) is 2.32. The Hall–Kier alpha value is -1.62. The number of ether oxygens (including phenoxy) is 1. The molecule has 92 valence electrons. The van der Waals surface area contributed by atoms with Gasteiger partial charge in [-0.3, -0.25) is 10.1 Å². The zero-order valence-electron chi connectivity index (χ0n) is 9.84. The highest BCUT2D eigenvalue weighted by Crippen LogP contribution is 2.55.